The molecule has 1 aliphatic rings. The SMILES string of the molecule is CCc1ccc(N(C(C)=O)c2nc(CSc3nnc(-c4cccs4)n3C3CC3)cs2)cc1. The average molecular weight is 482 g/mol. The van der Waals surface area contributed by atoms with Gasteiger partial charge in [0.05, 0.1) is 16.3 Å². The summed E-state index contributed by atoms with van der Waals surface area (Å²) in [6, 6.07) is 12.7. The van der Waals surface area contributed by atoms with Crippen molar-refractivity contribution in [1.82, 2.24) is 19.7 Å². The third-order valence-corrected chi connectivity index (χ3v) is 8.03. The molecule has 1 fully saturated rings. The minimum absolute atomic E-state index is 0.0446. The molecule has 0 unspecified atom stereocenters. The Balaban J connectivity index is 1.34. The first-order valence-electron chi connectivity index (χ1n) is 10.6. The zero-order valence-electron chi connectivity index (χ0n) is 17.9. The Bertz CT molecular complexity index is 1210. The molecule has 0 radical (unpaired) electrons. The monoisotopic (exact) mass is 481 g/mol. The van der Waals surface area contributed by atoms with Crippen molar-refractivity contribution in [3.8, 4) is 10.7 Å². The van der Waals surface area contributed by atoms with Crippen molar-refractivity contribution >= 4 is 51.2 Å². The molecule has 1 aromatic carbocycles. The first-order chi connectivity index (χ1) is 15.6. The Hall–Kier alpha value is -2.49. The summed E-state index contributed by atoms with van der Waals surface area (Å²) in [5.41, 5.74) is 3.03. The van der Waals surface area contributed by atoms with Gasteiger partial charge in [-0.3, -0.25) is 14.3 Å². The molecule has 5 rings (SSSR count). The second-order valence-electron chi connectivity index (χ2n) is 7.67. The van der Waals surface area contributed by atoms with Crippen LogP contribution in [0.4, 0.5) is 10.8 Å². The number of carbonyl (C=O) groups excluding carboxylic acids is 1. The smallest absolute Gasteiger partial charge is 0.230 e. The van der Waals surface area contributed by atoms with Gasteiger partial charge in [-0.1, -0.05) is 36.9 Å². The van der Waals surface area contributed by atoms with Gasteiger partial charge in [-0.15, -0.1) is 32.9 Å². The second-order valence-corrected chi connectivity index (χ2v) is 10.4. The van der Waals surface area contributed by atoms with Crippen molar-refractivity contribution in [2.24, 2.45) is 0 Å². The van der Waals surface area contributed by atoms with Crippen LogP contribution in [0.25, 0.3) is 10.7 Å². The summed E-state index contributed by atoms with van der Waals surface area (Å²) in [7, 11) is 0. The Labute approximate surface area is 199 Å². The van der Waals surface area contributed by atoms with Gasteiger partial charge in [0.25, 0.3) is 0 Å². The highest BCUT2D eigenvalue weighted by Gasteiger charge is 2.30. The maximum absolute atomic E-state index is 12.4. The summed E-state index contributed by atoms with van der Waals surface area (Å²) in [5.74, 6) is 1.60. The highest BCUT2D eigenvalue weighted by molar-refractivity contribution is 7.98. The van der Waals surface area contributed by atoms with Crippen molar-refractivity contribution in [2.75, 3.05) is 4.90 Å². The van der Waals surface area contributed by atoms with Crippen LogP contribution in [0.1, 0.15) is 44.0 Å². The van der Waals surface area contributed by atoms with E-state index in [2.05, 4.69) is 45.3 Å². The summed E-state index contributed by atoms with van der Waals surface area (Å²) in [6.45, 7) is 3.70. The number of aryl methyl sites for hydroxylation is 1. The summed E-state index contributed by atoms with van der Waals surface area (Å²) in [6.07, 6.45) is 3.32. The molecule has 0 N–H and O–H groups in total. The van der Waals surface area contributed by atoms with Crippen LogP contribution in [0.2, 0.25) is 0 Å². The van der Waals surface area contributed by atoms with E-state index in [1.54, 1.807) is 34.9 Å². The van der Waals surface area contributed by atoms with Crippen LogP contribution >= 0.6 is 34.4 Å². The lowest BCUT2D eigenvalue weighted by Gasteiger charge is -2.18. The number of thioether (sulfide) groups is 1. The average Bonchev–Trinajstić information content (AvgIpc) is 3.19. The molecule has 0 saturated heterocycles. The number of anilines is 2. The molecular formula is C23H23N5OS3. The number of amides is 1. The fourth-order valence-electron chi connectivity index (χ4n) is 3.52. The third-order valence-electron chi connectivity index (χ3n) is 5.32. The normalized spacial score (nSPS) is 13.4. The van der Waals surface area contributed by atoms with E-state index >= 15 is 0 Å². The van der Waals surface area contributed by atoms with Crippen LogP contribution in [0, 0.1) is 0 Å². The van der Waals surface area contributed by atoms with Crippen LogP contribution in [0.3, 0.4) is 0 Å². The Morgan fingerprint density at radius 3 is 2.66 bits per heavy atom. The number of rotatable bonds is 8. The molecule has 32 heavy (non-hydrogen) atoms. The van der Waals surface area contributed by atoms with Gasteiger partial charge in [0.1, 0.15) is 0 Å². The molecular weight excluding hydrogens is 458 g/mol. The lowest BCUT2D eigenvalue weighted by molar-refractivity contribution is -0.115. The molecule has 4 aromatic rings. The topological polar surface area (TPSA) is 63.9 Å². The first kappa shape index (κ1) is 21.4. The van der Waals surface area contributed by atoms with Crippen LogP contribution in [0.15, 0.2) is 52.3 Å². The summed E-state index contributed by atoms with van der Waals surface area (Å²) < 4.78 is 2.28. The number of thiophene rings is 1. The maximum Gasteiger partial charge on any atom is 0.230 e. The quantitative estimate of drug-likeness (QED) is 0.275. The van der Waals surface area contributed by atoms with Gasteiger partial charge >= 0.3 is 0 Å². The van der Waals surface area contributed by atoms with E-state index in [4.69, 9.17) is 4.98 Å². The van der Waals surface area contributed by atoms with Gasteiger partial charge in [0.2, 0.25) is 5.91 Å². The van der Waals surface area contributed by atoms with E-state index in [1.807, 2.05) is 23.6 Å². The molecule has 6 nitrogen and oxygen atoms in total. The number of thiazole rings is 1. The maximum atomic E-state index is 12.4. The molecule has 164 valence electrons. The molecule has 0 aliphatic heterocycles. The molecule has 9 heteroatoms. The van der Waals surface area contributed by atoms with Crippen molar-refractivity contribution in [2.45, 2.75) is 50.1 Å². The predicted molar refractivity (Wildman–Crippen MR) is 132 cm³/mol. The van der Waals surface area contributed by atoms with Crippen molar-refractivity contribution in [3.05, 3.63) is 58.4 Å². The molecule has 3 heterocycles. The number of hydrogen-bond donors (Lipinski definition) is 0. The van der Waals surface area contributed by atoms with Gasteiger partial charge in [-0.25, -0.2) is 4.98 Å². The van der Waals surface area contributed by atoms with Crippen molar-refractivity contribution < 1.29 is 4.79 Å². The molecule has 0 spiro atoms. The Morgan fingerprint density at radius 2 is 2.00 bits per heavy atom. The fourth-order valence-corrected chi connectivity index (χ4v) is 6.12. The largest absolute Gasteiger partial charge is 0.298 e. The summed E-state index contributed by atoms with van der Waals surface area (Å²) in [4.78, 5) is 20.0. The van der Waals surface area contributed by atoms with Crippen molar-refractivity contribution in [1.29, 1.82) is 0 Å². The molecule has 1 saturated carbocycles. The van der Waals surface area contributed by atoms with E-state index in [0.717, 1.165) is 33.7 Å². The summed E-state index contributed by atoms with van der Waals surface area (Å²) in [5, 5.41) is 14.7. The molecule has 0 bridgehead atoms. The number of nitrogens with zero attached hydrogens (tertiary/aromatic N) is 5. The van der Waals surface area contributed by atoms with E-state index in [1.165, 1.54) is 29.7 Å². The van der Waals surface area contributed by atoms with Gasteiger partial charge < -0.3 is 0 Å². The van der Waals surface area contributed by atoms with Gasteiger partial charge in [0, 0.05) is 24.1 Å². The highest BCUT2D eigenvalue weighted by atomic mass is 32.2. The van der Waals surface area contributed by atoms with Gasteiger partial charge in [0.15, 0.2) is 16.1 Å². The molecule has 3 aromatic heterocycles. The zero-order chi connectivity index (χ0) is 22.1. The van der Waals surface area contributed by atoms with Gasteiger partial charge in [-0.05, 0) is 48.4 Å². The van der Waals surface area contributed by atoms with Gasteiger partial charge in [-0.2, -0.15) is 0 Å². The summed E-state index contributed by atoms with van der Waals surface area (Å²) >= 11 is 4.84. The van der Waals surface area contributed by atoms with E-state index in [-0.39, 0.29) is 5.91 Å². The highest BCUT2D eigenvalue weighted by Crippen LogP contribution is 2.42. The van der Waals surface area contributed by atoms with E-state index in [0.29, 0.717) is 16.9 Å². The van der Waals surface area contributed by atoms with Crippen LogP contribution in [-0.4, -0.2) is 25.7 Å². The molecule has 0 atom stereocenters. The molecule has 1 aliphatic carbocycles. The standard InChI is InChI=1S/C23H23N5OS3/c1-3-16-6-8-18(9-7-16)27(15(2)29)22-24-17(13-31-22)14-32-23-26-25-21(20-5-4-12-30-20)28(23)19-10-11-19/h4-9,12-13,19H,3,10-11,14H2,1-2H3. The Kier molecular flexibility index (Phi) is 6.12. The van der Waals surface area contributed by atoms with Crippen LogP contribution in [0.5, 0.6) is 0 Å². The Morgan fingerprint density at radius 1 is 1.19 bits per heavy atom. The van der Waals surface area contributed by atoms with Crippen LogP contribution in [-0.2, 0) is 17.0 Å². The number of carbonyl (C=O) groups is 1. The lowest BCUT2D eigenvalue weighted by Crippen LogP contribution is -2.22. The molecule has 1 amide bonds. The minimum Gasteiger partial charge on any atom is -0.298 e. The van der Waals surface area contributed by atoms with Crippen LogP contribution < -0.4 is 4.90 Å². The first-order valence-corrected chi connectivity index (χ1v) is 13.3. The number of hydrogen-bond acceptors (Lipinski definition) is 7. The number of benzene rings is 1. The van der Waals surface area contributed by atoms with Crippen molar-refractivity contribution in [3.63, 3.8) is 0 Å². The second kappa shape index (κ2) is 9.17. The van der Waals surface area contributed by atoms with E-state index < -0.39 is 0 Å². The minimum atomic E-state index is -0.0446. The predicted octanol–water partition coefficient (Wildman–Crippen LogP) is 6.34. The number of aromatic nitrogens is 4. The lowest BCUT2D eigenvalue weighted by atomic mass is 10.1. The fraction of sp³-hybridized carbons (Fsp3) is 0.304. The van der Waals surface area contributed by atoms with E-state index in [9.17, 15) is 4.79 Å². The third kappa shape index (κ3) is 4.37. The zero-order valence-corrected chi connectivity index (χ0v) is 20.3.